The van der Waals surface area contributed by atoms with Crippen LogP contribution in [0.25, 0.3) is 11.1 Å². The van der Waals surface area contributed by atoms with E-state index in [0.717, 1.165) is 24.4 Å². The van der Waals surface area contributed by atoms with Crippen LogP contribution in [0.15, 0.2) is 66.7 Å². The van der Waals surface area contributed by atoms with Gasteiger partial charge in [-0.2, -0.15) is 0 Å². The lowest BCUT2D eigenvalue weighted by Crippen LogP contribution is -2.37. The van der Waals surface area contributed by atoms with E-state index in [1.54, 1.807) is 6.07 Å². The Hall–Kier alpha value is -2.97. The summed E-state index contributed by atoms with van der Waals surface area (Å²) in [6.45, 7) is 4.80. The average Bonchev–Trinajstić information content (AvgIpc) is 3.51. The number of nitrogens with zero attached hydrogens (tertiary/aromatic N) is 2. The zero-order chi connectivity index (χ0) is 27.2. The summed E-state index contributed by atoms with van der Waals surface area (Å²) in [5.74, 6) is 1.36. The normalized spacial score (nSPS) is 20.0. The van der Waals surface area contributed by atoms with E-state index in [9.17, 15) is 9.90 Å². The second-order valence-electron chi connectivity index (χ2n) is 10.5. The molecule has 2 saturated heterocycles. The second kappa shape index (κ2) is 12.5. The highest BCUT2D eigenvalue weighted by Gasteiger charge is 2.36. The van der Waals surface area contributed by atoms with Crippen molar-refractivity contribution < 1.29 is 23.8 Å². The molecule has 2 aliphatic rings. The number of halogens is 2. The summed E-state index contributed by atoms with van der Waals surface area (Å²) in [7, 11) is 0. The number of carbonyl (C=O) groups is 1. The first-order valence-electron chi connectivity index (χ1n) is 13.4. The molecule has 0 radical (unpaired) electrons. The highest BCUT2D eigenvalue weighted by molar-refractivity contribution is 6.33. The lowest BCUT2D eigenvalue weighted by atomic mass is 9.92. The van der Waals surface area contributed by atoms with Gasteiger partial charge in [0.2, 0.25) is 0 Å². The fourth-order valence-corrected chi connectivity index (χ4v) is 5.61. The molecular formula is C31H34ClFN2O4. The monoisotopic (exact) mass is 552 g/mol. The molecule has 39 heavy (non-hydrogen) atoms. The van der Waals surface area contributed by atoms with Gasteiger partial charge in [0.1, 0.15) is 36.3 Å². The molecule has 2 heterocycles. The van der Waals surface area contributed by atoms with Gasteiger partial charge in [-0.3, -0.25) is 14.6 Å². The average molecular weight is 553 g/mol. The van der Waals surface area contributed by atoms with Gasteiger partial charge in [0, 0.05) is 56.2 Å². The van der Waals surface area contributed by atoms with Gasteiger partial charge in [-0.25, -0.2) is 4.39 Å². The zero-order valence-corrected chi connectivity index (χ0v) is 22.7. The van der Waals surface area contributed by atoms with Gasteiger partial charge in [-0.1, -0.05) is 41.9 Å². The van der Waals surface area contributed by atoms with Crippen LogP contribution < -0.4 is 9.47 Å². The topological polar surface area (TPSA) is 62.2 Å². The summed E-state index contributed by atoms with van der Waals surface area (Å²) in [4.78, 5) is 15.7. The molecule has 206 valence electrons. The number of carbonyl (C=O) groups excluding carboxylic acids is 1. The van der Waals surface area contributed by atoms with Crippen LogP contribution in [0.2, 0.25) is 5.02 Å². The molecule has 0 amide bonds. The second-order valence-corrected chi connectivity index (χ2v) is 10.9. The highest BCUT2D eigenvalue weighted by atomic mass is 35.5. The number of likely N-dealkylation sites (tertiary alicyclic amines) is 2. The van der Waals surface area contributed by atoms with E-state index in [-0.39, 0.29) is 12.2 Å². The third-order valence-corrected chi connectivity index (χ3v) is 7.73. The third-order valence-electron chi connectivity index (χ3n) is 7.41. The minimum atomic E-state index is -1.02. The van der Waals surface area contributed by atoms with Crippen molar-refractivity contribution in [1.82, 2.24) is 9.80 Å². The molecule has 0 aromatic heterocycles. The zero-order valence-electron chi connectivity index (χ0n) is 22.0. The van der Waals surface area contributed by atoms with Gasteiger partial charge in [-0.15, -0.1) is 0 Å². The van der Waals surface area contributed by atoms with E-state index >= 15 is 4.39 Å². The Morgan fingerprint density at radius 2 is 1.67 bits per heavy atom. The van der Waals surface area contributed by atoms with Crippen LogP contribution in [0.3, 0.4) is 0 Å². The smallest absolute Gasteiger partial charge is 0.148 e. The van der Waals surface area contributed by atoms with E-state index in [4.69, 9.17) is 21.1 Å². The Balaban J connectivity index is 1.17. The maximum Gasteiger partial charge on any atom is 0.148 e. The molecule has 1 N–H and O–H groups in total. The fraction of sp³-hybridized carbons (Fsp3) is 0.387. The lowest BCUT2D eigenvalue weighted by molar-refractivity contribution is -0.116. The molecule has 2 aliphatic heterocycles. The summed E-state index contributed by atoms with van der Waals surface area (Å²) in [5, 5.41) is 11.6. The summed E-state index contributed by atoms with van der Waals surface area (Å²) in [6, 6.07) is 20.1. The molecule has 0 saturated carbocycles. The predicted octanol–water partition coefficient (Wildman–Crippen LogP) is 4.86. The van der Waals surface area contributed by atoms with Crippen molar-refractivity contribution in [3.63, 3.8) is 0 Å². The van der Waals surface area contributed by atoms with Crippen molar-refractivity contribution in [1.29, 1.82) is 0 Å². The minimum absolute atomic E-state index is 0.191. The van der Waals surface area contributed by atoms with Crippen LogP contribution >= 0.6 is 11.6 Å². The van der Waals surface area contributed by atoms with Crippen molar-refractivity contribution in [3.05, 3.63) is 83.1 Å². The highest BCUT2D eigenvalue weighted by Crippen LogP contribution is 2.35. The SMILES string of the molecule is O=C1CCN(CCOc2cccc(-c3cc(F)c(CC4(O)CCN(CCOc5ccccc5)C4)cc3Cl)c2)C1. The van der Waals surface area contributed by atoms with Gasteiger partial charge in [0.05, 0.1) is 12.1 Å². The number of rotatable bonds is 11. The number of Topliss-reactive ketones (excluding diaryl/α,β-unsaturated/α-hetero) is 1. The number of hydrogen-bond donors (Lipinski definition) is 1. The van der Waals surface area contributed by atoms with E-state index < -0.39 is 11.4 Å². The Morgan fingerprint density at radius 1 is 0.923 bits per heavy atom. The molecule has 5 rings (SSSR count). The standard InChI is InChI=1S/C31H34ClFN2O4/c32-29-18-24(20-31(37)10-12-35(22-31)14-16-38-26-6-2-1-3-7-26)30(33)19-28(29)23-5-4-8-27(17-23)39-15-13-34-11-9-25(36)21-34/h1-8,17-19,37H,9-16,20-22H2. The number of aliphatic hydroxyl groups is 1. The molecule has 0 aliphatic carbocycles. The largest absolute Gasteiger partial charge is 0.492 e. The van der Waals surface area contributed by atoms with E-state index in [1.165, 1.54) is 6.07 Å². The number of β-amino-alcohol motifs (C(OH)–C–C–N with tert-alkyl or cyclic N) is 1. The van der Waals surface area contributed by atoms with Gasteiger partial charge >= 0.3 is 0 Å². The molecular weight excluding hydrogens is 519 g/mol. The van der Waals surface area contributed by atoms with Gasteiger partial charge in [0.15, 0.2) is 0 Å². The first-order chi connectivity index (χ1) is 18.9. The van der Waals surface area contributed by atoms with Gasteiger partial charge in [0.25, 0.3) is 0 Å². The van der Waals surface area contributed by atoms with Crippen molar-refractivity contribution in [3.8, 4) is 22.6 Å². The molecule has 1 unspecified atom stereocenters. The number of para-hydroxylation sites is 1. The maximum atomic E-state index is 15.3. The Labute approximate surface area is 233 Å². The summed E-state index contributed by atoms with van der Waals surface area (Å²) < 4.78 is 26.9. The van der Waals surface area contributed by atoms with Crippen LogP contribution in [0.4, 0.5) is 4.39 Å². The van der Waals surface area contributed by atoms with E-state index in [2.05, 4.69) is 9.80 Å². The molecule has 3 aromatic carbocycles. The summed E-state index contributed by atoms with van der Waals surface area (Å²) >= 11 is 6.62. The summed E-state index contributed by atoms with van der Waals surface area (Å²) in [5.41, 5.74) is 0.711. The van der Waals surface area contributed by atoms with E-state index in [1.807, 2.05) is 54.6 Å². The molecule has 6 nitrogen and oxygen atoms in total. The van der Waals surface area contributed by atoms with E-state index in [0.29, 0.717) is 74.1 Å². The molecule has 1 atom stereocenters. The van der Waals surface area contributed by atoms with Crippen LogP contribution in [0.5, 0.6) is 11.5 Å². The fourth-order valence-electron chi connectivity index (χ4n) is 5.31. The minimum Gasteiger partial charge on any atom is -0.492 e. The molecule has 2 fully saturated rings. The maximum absolute atomic E-state index is 15.3. The number of benzene rings is 3. The first-order valence-corrected chi connectivity index (χ1v) is 13.8. The van der Waals surface area contributed by atoms with Crippen LogP contribution in [0, 0.1) is 5.82 Å². The van der Waals surface area contributed by atoms with Gasteiger partial charge < -0.3 is 14.6 Å². The molecule has 3 aromatic rings. The Bertz CT molecular complexity index is 1290. The van der Waals surface area contributed by atoms with Crippen molar-refractivity contribution in [2.75, 3.05) is 52.5 Å². The lowest BCUT2D eigenvalue weighted by Gasteiger charge is -2.24. The molecule has 0 bridgehead atoms. The predicted molar refractivity (Wildman–Crippen MR) is 150 cm³/mol. The third kappa shape index (κ3) is 7.37. The quantitative estimate of drug-likeness (QED) is 0.367. The number of ketones is 1. The summed E-state index contributed by atoms with van der Waals surface area (Å²) in [6.07, 6.45) is 1.36. The van der Waals surface area contributed by atoms with Crippen LogP contribution in [-0.2, 0) is 11.2 Å². The Kier molecular flexibility index (Phi) is 8.82. The van der Waals surface area contributed by atoms with Crippen LogP contribution in [0.1, 0.15) is 18.4 Å². The van der Waals surface area contributed by atoms with Crippen molar-refractivity contribution in [2.24, 2.45) is 0 Å². The van der Waals surface area contributed by atoms with Gasteiger partial charge in [-0.05, 0) is 53.9 Å². The number of hydrogen-bond acceptors (Lipinski definition) is 6. The number of ether oxygens (including phenoxy) is 2. The Morgan fingerprint density at radius 3 is 2.44 bits per heavy atom. The van der Waals surface area contributed by atoms with Crippen molar-refractivity contribution >= 4 is 17.4 Å². The van der Waals surface area contributed by atoms with Crippen molar-refractivity contribution in [2.45, 2.75) is 24.9 Å². The first kappa shape index (κ1) is 27.6. The van der Waals surface area contributed by atoms with Crippen LogP contribution in [-0.4, -0.2) is 78.8 Å². The molecule has 8 heteroatoms. The molecule has 0 spiro atoms.